The first-order valence-electron chi connectivity index (χ1n) is 9.69. The minimum Gasteiger partial charge on any atom is -0.487 e. The number of nitrogens with zero attached hydrogens (tertiary/aromatic N) is 5. The number of halogens is 2. The number of amidine groups is 1. The van der Waals surface area contributed by atoms with Gasteiger partial charge in [0, 0.05) is 24.0 Å². The van der Waals surface area contributed by atoms with Crippen LogP contribution in [0.2, 0.25) is 0 Å². The smallest absolute Gasteiger partial charge is 0.387 e. The summed E-state index contributed by atoms with van der Waals surface area (Å²) >= 11 is 0. The number of ether oxygens (including phenoxy) is 2. The molecule has 164 valence electrons. The molecule has 4 aromatic rings. The topological polar surface area (TPSA) is 128 Å². The number of anilines is 1. The maximum absolute atomic E-state index is 13.1. The Kier molecular flexibility index (Phi) is 4.81. The molecule has 1 atom stereocenters. The van der Waals surface area contributed by atoms with Crippen LogP contribution in [0.3, 0.4) is 0 Å². The number of rotatable bonds is 5. The van der Waals surface area contributed by atoms with E-state index < -0.39 is 6.61 Å². The molecule has 4 N–H and O–H groups in total. The first kappa shape index (κ1) is 19.7. The molecule has 4 heterocycles. The average Bonchev–Trinajstić information content (AvgIpc) is 3.40. The molecule has 5 rings (SSSR count). The van der Waals surface area contributed by atoms with Crippen LogP contribution in [0, 0.1) is 0 Å². The molecule has 12 heteroatoms. The first-order valence-corrected chi connectivity index (χ1v) is 9.69. The lowest BCUT2D eigenvalue weighted by Gasteiger charge is -2.26. The third-order valence-electron chi connectivity index (χ3n) is 4.89. The summed E-state index contributed by atoms with van der Waals surface area (Å²) in [5, 5.41) is 14.1. The summed E-state index contributed by atoms with van der Waals surface area (Å²) in [5.41, 5.74) is 8.81. The van der Waals surface area contributed by atoms with Crippen LogP contribution in [0.4, 0.5) is 20.2 Å². The van der Waals surface area contributed by atoms with Gasteiger partial charge in [0.1, 0.15) is 29.1 Å². The summed E-state index contributed by atoms with van der Waals surface area (Å²) in [6, 6.07) is 4.81. The third-order valence-corrected chi connectivity index (χ3v) is 4.89. The molecule has 0 saturated heterocycles. The van der Waals surface area contributed by atoms with E-state index in [4.69, 9.17) is 15.2 Å². The molecule has 0 amide bonds. The van der Waals surface area contributed by atoms with E-state index in [1.807, 2.05) is 6.92 Å². The van der Waals surface area contributed by atoms with E-state index in [0.717, 1.165) is 0 Å². The van der Waals surface area contributed by atoms with Gasteiger partial charge in [-0.05, 0) is 19.1 Å². The molecular formula is C20H18F2N8O2. The minimum absolute atomic E-state index is 0.0543. The predicted octanol–water partition coefficient (Wildman–Crippen LogP) is 2.95. The van der Waals surface area contributed by atoms with E-state index in [9.17, 15) is 8.78 Å². The Morgan fingerprint density at radius 3 is 3.09 bits per heavy atom. The fraction of sp³-hybridized carbons (Fsp3) is 0.200. The van der Waals surface area contributed by atoms with Crippen molar-refractivity contribution in [3.63, 3.8) is 0 Å². The Morgan fingerprint density at radius 1 is 1.38 bits per heavy atom. The lowest BCUT2D eigenvalue weighted by molar-refractivity contribution is -0.0494. The van der Waals surface area contributed by atoms with Crippen molar-refractivity contribution in [3.05, 3.63) is 48.5 Å². The molecular weight excluding hydrogens is 422 g/mol. The van der Waals surface area contributed by atoms with E-state index in [1.165, 1.54) is 12.3 Å². The van der Waals surface area contributed by atoms with E-state index in [-0.39, 0.29) is 17.7 Å². The fourth-order valence-corrected chi connectivity index (χ4v) is 3.46. The zero-order valence-corrected chi connectivity index (χ0v) is 16.8. The van der Waals surface area contributed by atoms with Crippen LogP contribution in [-0.2, 0) is 0 Å². The Labute approximate surface area is 180 Å². The van der Waals surface area contributed by atoms with Gasteiger partial charge in [0.2, 0.25) is 0 Å². The number of hydrogen-bond acceptors (Lipinski definition) is 7. The van der Waals surface area contributed by atoms with Gasteiger partial charge in [-0.3, -0.25) is 5.10 Å². The van der Waals surface area contributed by atoms with E-state index in [1.54, 1.807) is 35.2 Å². The van der Waals surface area contributed by atoms with Crippen molar-refractivity contribution in [1.29, 1.82) is 0 Å². The number of aromatic amines is 1. The first-order chi connectivity index (χ1) is 15.5. The van der Waals surface area contributed by atoms with Gasteiger partial charge in [-0.25, -0.2) is 14.5 Å². The highest BCUT2D eigenvalue weighted by Crippen LogP contribution is 2.43. The van der Waals surface area contributed by atoms with E-state index in [2.05, 4.69) is 30.6 Å². The normalized spacial score (nSPS) is 16.0. The van der Waals surface area contributed by atoms with Crippen LogP contribution >= 0.6 is 0 Å². The minimum atomic E-state index is -3.01. The standard InChI is InChI=1S/C20H18F2N8O2/c1-10-7-25-13-6-15(32-20(21)22)11(5-16(13)31-10)17-14(9-26-29-17)28-18(23)12-8-27-30-4-2-3-24-19(12)30/h2-6,8-10,20,25H,7H2,1H3,(H2,23,28)(H,26,29)/t10-/m1/s1. The summed E-state index contributed by atoms with van der Waals surface area (Å²) in [7, 11) is 0. The quantitative estimate of drug-likeness (QED) is 0.322. The number of hydrogen-bond donors (Lipinski definition) is 3. The lowest BCUT2D eigenvalue weighted by Crippen LogP contribution is -2.27. The van der Waals surface area contributed by atoms with Gasteiger partial charge in [0.05, 0.1) is 35.9 Å². The second-order valence-corrected chi connectivity index (χ2v) is 7.11. The van der Waals surface area contributed by atoms with Crippen LogP contribution in [0.5, 0.6) is 11.5 Å². The molecule has 0 saturated carbocycles. The van der Waals surface area contributed by atoms with Crippen molar-refractivity contribution >= 4 is 22.9 Å². The van der Waals surface area contributed by atoms with E-state index >= 15 is 0 Å². The number of aliphatic imine (C=N–C) groups is 1. The van der Waals surface area contributed by atoms with E-state index in [0.29, 0.717) is 46.1 Å². The lowest BCUT2D eigenvalue weighted by atomic mass is 10.1. The number of alkyl halides is 2. The number of nitrogens with one attached hydrogen (secondary N) is 2. The summed E-state index contributed by atoms with van der Waals surface area (Å²) in [6.45, 7) is -0.569. The maximum Gasteiger partial charge on any atom is 0.387 e. The molecule has 0 aliphatic carbocycles. The monoisotopic (exact) mass is 440 g/mol. The van der Waals surface area contributed by atoms with Crippen molar-refractivity contribution < 1.29 is 18.3 Å². The maximum atomic E-state index is 13.1. The fourth-order valence-electron chi connectivity index (χ4n) is 3.46. The summed E-state index contributed by atoms with van der Waals surface area (Å²) in [4.78, 5) is 8.71. The molecule has 3 aromatic heterocycles. The molecule has 0 spiro atoms. The third kappa shape index (κ3) is 3.55. The number of H-pyrrole nitrogens is 1. The highest BCUT2D eigenvalue weighted by Gasteiger charge is 2.23. The predicted molar refractivity (Wildman–Crippen MR) is 113 cm³/mol. The van der Waals surface area contributed by atoms with Crippen LogP contribution in [0.1, 0.15) is 12.5 Å². The van der Waals surface area contributed by atoms with Crippen LogP contribution in [-0.4, -0.2) is 49.9 Å². The zero-order valence-electron chi connectivity index (χ0n) is 16.8. The van der Waals surface area contributed by atoms with Crippen molar-refractivity contribution in [2.75, 3.05) is 11.9 Å². The van der Waals surface area contributed by atoms with Gasteiger partial charge < -0.3 is 20.5 Å². The second kappa shape index (κ2) is 7.80. The Morgan fingerprint density at radius 2 is 2.25 bits per heavy atom. The Hall–Kier alpha value is -4.22. The van der Waals surface area contributed by atoms with Crippen LogP contribution < -0.4 is 20.5 Å². The number of benzene rings is 1. The van der Waals surface area contributed by atoms with Crippen LogP contribution in [0.15, 0.2) is 48.0 Å². The number of aromatic nitrogens is 5. The Balaban J connectivity index is 1.59. The number of nitrogens with two attached hydrogens (primary N) is 1. The Bertz CT molecular complexity index is 1320. The summed E-state index contributed by atoms with van der Waals surface area (Å²) < 4.78 is 38.4. The number of fused-ring (bicyclic) bond motifs is 2. The highest BCUT2D eigenvalue weighted by molar-refractivity contribution is 6.04. The van der Waals surface area contributed by atoms with Gasteiger partial charge in [0.15, 0.2) is 5.65 Å². The largest absolute Gasteiger partial charge is 0.487 e. The van der Waals surface area contributed by atoms with Crippen molar-refractivity contribution in [3.8, 4) is 22.8 Å². The molecule has 1 aromatic carbocycles. The molecule has 0 unspecified atom stereocenters. The molecule has 0 bridgehead atoms. The molecule has 1 aliphatic heterocycles. The second-order valence-electron chi connectivity index (χ2n) is 7.11. The summed E-state index contributed by atoms with van der Waals surface area (Å²) in [6.07, 6.45) is 6.25. The summed E-state index contributed by atoms with van der Waals surface area (Å²) in [5.74, 6) is 0.591. The highest BCUT2D eigenvalue weighted by atomic mass is 19.3. The molecule has 0 radical (unpaired) electrons. The average molecular weight is 440 g/mol. The van der Waals surface area contributed by atoms with Gasteiger partial charge in [-0.15, -0.1) is 0 Å². The molecule has 32 heavy (non-hydrogen) atoms. The molecule has 1 aliphatic rings. The zero-order chi connectivity index (χ0) is 22.2. The SMILES string of the molecule is C[C@@H]1CNc2cc(OC(F)F)c(-c3[nH]ncc3N=C(N)c3cnn4cccnc34)cc2O1. The van der Waals surface area contributed by atoms with Gasteiger partial charge >= 0.3 is 6.61 Å². The van der Waals surface area contributed by atoms with Crippen molar-refractivity contribution in [2.24, 2.45) is 10.7 Å². The molecule has 10 nitrogen and oxygen atoms in total. The van der Waals surface area contributed by atoms with Crippen LogP contribution in [0.25, 0.3) is 16.9 Å². The van der Waals surface area contributed by atoms with Crippen molar-refractivity contribution in [1.82, 2.24) is 24.8 Å². The molecule has 0 fully saturated rings. The van der Waals surface area contributed by atoms with Crippen molar-refractivity contribution in [2.45, 2.75) is 19.6 Å². The van der Waals surface area contributed by atoms with Gasteiger partial charge in [-0.1, -0.05) is 0 Å². The van der Waals surface area contributed by atoms with Gasteiger partial charge in [-0.2, -0.15) is 19.0 Å². The van der Waals surface area contributed by atoms with Gasteiger partial charge in [0.25, 0.3) is 0 Å².